The number of carbonyl (C=O) groups excluding carboxylic acids is 1. The van der Waals surface area contributed by atoms with Crippen LogP contribution in [0.4, 0.5) is 0 Å². The van der Waals surface area contributed by atoms with Gasteiger partial charge in [-0.05, 0) is 44.7 Å². The summed E-state index contributed by atoms with van der Waals surface area (Å²) in [6.07, 6.45) is 4.53. The first kappa shape index (κ1) is 12.6. The molecule has 1 unspecified atom stereocenters. The molecular weight excluding hydrogens is 230 g/mol. The van der Waals surface area contributed by atoms with Crippen molar-refractivity contribution in [1.82, 2.24) is 5.32 Å². The smallest absolute Gasteiger partial charge is 0.136 e. The van der Waals surface area contributed by atoms with E-state index >= 15 is 0 Å². The van der Waals surface area contributed by atoms with Gasteiger partial charge in [-0.2, -0.15) is 0 Å². The number of carbonyl (C=O) groups is 1. The largest absolute Gasteiger partial charge is 0.381 e. The van der Waals surface area contributed by atoms with Gasteiger partial charge in [0, 0.05) is 32.2 Å². The minimum Gasteiger partial charge on any atom is -0.381 e. The zero-order chi connectivity index (χ0) is 12.4. The predicted molar refractivity (Wildman–Crippen MR) is 67.4 cm³/mol. The SMILES string of the molecule is O=C(CC1CNC1)C1CCOC2(CCOCC2)C1. The summed E-state index contributed by atoms with van der Waals surface area (Å²) in [5.41, 5.74) is -0.0469. The number of ketones is 1. The Morgan fingerprint density at radius 3 is 2.67 bits per heavy atom. The highest BCUT2D eigenvalue weighted by atomic mass is 16.5. The van der Waals surface area contributed by atoms with Crippen molar-refractivity contribution < 1.29 is 14.3 Å². The van der Waals surface area contributed by atoms with Gasteiger partial charge in [-0.25, -0.2) is 0 Å². The van der Waals surface area contributed by atoms with E-state index in [0.717, 1.165) is 65.0 Å². The zero-order valence-corrected chi connectivity index (χ0v) is 11.0. The highest BCUT2D eigenvalue weighted by molar-refractivity contribution is 5.81. The number of ether oxygens (including phenoxy) is 2. The van der Waals surface area contributed by atoms with E-state index in [4.69, 9.17) is 9.47 Å². The number of nitrogens with one attached hydrogen (secondary N) is 1. The summed E-state index contributed by atoms with van der Waals surface area (Å²) in [5.74, 6) is 1.29. The lowest BCUT2D eigenvalue weighted by molar-refractivity contribution is -0.157. The van der Waals surface area contributed by atoms with Crippen molar-refractivity contribution in [3.05, 3.63) is 0 Å². The van der Waals surface area contributed by atoms with Crippen LogP contribution >= 0.6 is 0 Å². The van der Waals surface area contributed by atoms with Crippen LogP contribution in [0.3, 0.4) is 0 Å². The van der Waals surface area contributed by atoms with Crippen LogP contribution in [-0.2, 0) is 14.3 Å². The van der Waals surface area contributed by atoms with E-state index in [1.54, 1.807) is 0 Å². The van der Waals surface area contributed by atoms with Crippen molar-refractivity contribution in [2.45, 2.75) is 37.7 Å². The fourth-order valence-electron chi connectivity index (χ4n) is 3.34. The summed E-state index contributed by atoms with van der Waals surface area (Å²) in [5, 5.41) is 3.23. The molecule has 0 aromatic heterocycles. The molecule has 0 aromatic carbocycles. The molecule has 3 saturated heterocycles. The van der Waals surface area contributed by atoms with Gasteiger partial charge in [-0.3, -0.25) is 4.79 Å². The van der Waals surface area contributed by atoms with E-state index in [9.17, 15) is 4.79 Å². The first-order valence-corrected chi connectivity index (χ1v) is 7.23. The third-order valence-corrected chi connectivity index (χ3v) is 4.71. The lowest BCUT2D eigenvalue weighted by atomic mass is 9.77. The average molecular weight is 253 g/mol. The van der Waals surface area contributed by atoms with E-state index in [0.29, 0.717) is 11.7 Å². The first-order valence-electron chi connectivity index (χ1n) is 7.23. The van der Waals surface area contributed by atoms with Gasteiger partial charge < -0.3 is 14.8 Å². The van der Waals surface area contributed by atoms with Gasteiger partial charge in [0.25, 0.3) is 0 Å². The Morgan fingerprint density at radius 2 is 2.00 bits per heavy atom. The number of hydrogen-bond donors (Lipinski definition) is 1. The minimum absolute atomic E-state index is 0.0469. The maximum absolute atomic E-state index is 12.3. The standard InChI is InChI=1S/C14H23NO3/c16-13(7-11-9-15-10-11)12-1-4-18-14(8-12)2-5-17-6-3-14/h11-12,15H,1-10H2. The second-order valence-corrected chi connectivity index (χ2v) is 6.03. The van der Waals surface area contributed by atoms with Crippen molar-refractivity contribution in [2.24, 2.45) is 11.8 Å². The molecule has 1 atom stereocenters. The highest BCUT2D eigenvalue weighted by Gasteiger charge is 2.41. The third-order valence-electron chi connectivity index (χ3n) is 4.71. The van der Waals surface area contributed by atoms with Crippen LogP contribution in [0.1, 0.15) is 32.1 Å². The molecule has 0 amide bonds. The van der Waals surface area contributed by atoms with E-state index in [1.165, 1.54) is 0 Å². The Morgan fingerprint density at radius 1 is 1.22 bits per heavy atom. The van der Waals surface area contributed by atoms with Gasteiger partial charge in [-0.1, -0.05) is 0 Å². The summed E-state index contributed by atoms with van der Waals surface area (Å²) >= 11 is 0. The van der Waals surface area contributed by atoms with Crippen LogP contribution in [-0.4, -0.2) is 44.3 Å². The Labute approximate surface area is 108 Å². The Bertz CT molecular complexity index is 303. The van der Waals surface area contributed by atoms with Crippen molar-refractivity contribution in [2.75, 3.05) is 32.9 Å². The summed E-state index contributed by atoms with van der Waals surface area (Å²) in [6.45, 7) is 4.36. The molecule has 0 bridgehead atoms. The molecule has 3 fully saturated rings. The molecule has 3 rings (SSSR count). The van der Waals surface area contributed by atoms with Crippen LogP contribution in [0.2, 0.25) is 0 Å². The van der Waals surface area contributed by atoms with Crippen molar-refractivity contribution in [3.8, 4) is 0 Å². The zero-order valence-electron chi connectivity index (χ0n) is 11.0. The van der Waals surface area contributed by atoms with Crippen molar-refractivity contribution >= 4 is 5.78 Å². The normalized spacial score (nSPS) is 32.1. The third kappa shape index (κ3) is 2.60. The molecule has 4 heteroatoms. The maximum atomic E-state index is 12.3. The number of hydrogen-bond acceptors (Lipinski definition) is 4. The molecule has 1 spiro atoms. The van der Waals surface area contributed by atoms with E-state index in [-0.39, 0.29) is 11.5 Å². The lowest BCUT2D eigenvalue weighted by Gasteiger charge is -2.43. The number of Topliss-reactive ketones (excluding diaryl/α,β-unsaturated/α-hetero) is 1. The van der Waals surface area contributed by atoms with Crippen molar-refractivity contribution in [3.63, 3.8) is 0 Å². The van der Waals surface area contributed by atoms with Gasteiger partial charge >= 0.3 is 0 Å². The molecule has 0 saturated carbocycles. The van der Waals surface area contributed by atoms with E-state index in [1.807, 2.05) is 0 Å². The first-order chi connectivity index (χ1) is 8.77. The van der Waals surface area contributed by atoms with Crippen LogP contribution in [0.15, 0.2) is 0 Å². The van der Waals surface area contributed by atoms with Crippen LogP contribution < -0.4 is 5.32 Å². The molecule has 3 aliphatic heterocycles. The summed E-state index contributed by atoms with van der Waals surface area (Å²) in [4.78, 5) is 12.3. The Hall–Kier alpha value is -0.450. The van der Waals surface area contributed by atoms with Gasteiger partial charge in [0.2, 0.25) is 0 Å². The van der Waals surface area contributed by atoms with E-state index in [2.05, 4.69) is 5.32 Å². The molecule has 3 heterocycles. The second kappa shape index (κ2) is 5.27. The molecule has 3 aliphatic rings. The maximum Gasteiger partial charge on any atom is 0.136 e. The van der Waals surface area contributed by atoms with Gasteiger partial charge in [0.15, 0.2) is 0 Å². The summed E-state index contributed by atoms with van der Waals surface area (Å²) in [7, 11) is 0. The summed E-state index contributed by atoms with van der Waals surface area (Å²) in [6, 6.07) is 0. The van der Waals surface area contributed by atoms with Gasteiger partial charge in [0.05, 0.1) is 5.60 Å². The van der Waals surface area contributed by atoms with Crippen LogP contribution in [0.25, 0.3) is 0 Å². The molecule has 0 radical (unpaired) electrons. The number of rotatable bonds is 3. The molecule has 1 N–H and O–H groups in total. The van der Waals surface area contributed by atoms with Crippen LogP contribution in [0.5, 0.6) is 0 Å². The summed E-state index contributed by atoms with van der Waals surface area (Å²) < 4.78 is 11.4. The Kier molecular flexibility index (Phi) is 3.68. The van der Waals surface area contributed by atoms with E-state index < -0.39 is 0 Å². The van der Waals surface area contributed by atoms with Crippen molar-refractivity contribution in [1.29, 1.82) is 0 Å². The molecule has 0 aliphatic carbocycles. The highest BCUT2D eigenvalue weighted by Crippen LogP contribution is 2.38. The topological polar surface area (TPSA) is 47.6 Å². The Balaban J connectivity index is 1.56. The quantitative estimate of drug-likeness (QED) is 0.819. The van der Waals surface area contributed by atoms with Gasteiger partial charge in [-0.15, -0.1) is 0 Å². The fourth-order valence-corrected chi connectivity index (χ4v) is 3.34. The molecule has 102 valence electrons. The average Bonchev–Trinajstić information content (AvgIpc) is 2.34. The molecular formula is C14H23NO3. The predicted octanol–water partition coefficient (Wildman–Crippen LogP) is 1.14. The molecule has 0 aromatic rings. The molecule has 4 nitrogen and oxygen atoms in total. The fraction of sp³-hybridized carbons (Fsp3) is 0.929. The lowest BCUT2D eigenvalue weighted by Crippen LogP contribution is -2.47. The second-order valence-electron chi connectivity index (χ2n) is 6.03. The monoisotopic (exact) mass is 253 g/mol. The molecule has 18 heavy (non-hydrogen) atoms. The van der Waals surface area contributed by atoms with Gasteiger partial charge in [0.1, 0.15) is 5.78 Å². The van der Waals surface area contributed by atoms with Crippen LogP contribution in [0, 0.1) is 11.8 Å². The minimum atomic E-state index is -0.0469.